The van der Waals surface area contributed by atoms with Crippen molar-refractivity contribution in [2.24, 2.45) is 0 Å². The van der Waals surface area contributed by atoms with Crippen molar-refractivity contribution in [3.05, 3.63) is 42.5 Å². The summed E-state index contributed by atoms with van der Waals surface area (Å²) >= 11 is 4.30. The van der Waals surface area contributed by atoms with Gasteiger partial charge in [0.25, 0.3) is 0 Å². The summed E-state index contributed by atoms with van der Waals surface area (Å²) in [5, 5.41) is 0. The van der Waals surface area contributed by atoms with Crippen molar-refractivity contribution in [1.82, 2.24) is 0 Å². The minimum Gasteiger partial charge on any atom is -0.497 e. The molecule has 0 saturated carbocycles. The SMILES string of the molecule is COc1ccc(SSCCCCOc2ccc(S)cc2OC)cc1. The number of rotatable bonds is 10. The Kier molecular flexibility index (Phi) is 8.56. The van der Waals surface area contributed by atoms with Gasteiger partial charge in [0, 0.05) is 15.5 Å². The second-order valence-electron chi connectivity index (χ2n) is 4.97. The summed E-state index contributed by atoms with van der Waals surface area (Å²) in [5.41, 5.74) is 0. The number of hydrogen-bond acceptors (Lipinski definition) is 6. The molecule has 2 aromatic rings. The standard InChI is InChI=1S/C18H22O3S3/c1-19-14-5-8-16(9-6-14)24-23-12-4-3-11-21-17-10-7-15(22)13-18(17)20-2/h5-10,13,22H,3-4,11-12H2,1-2H3. The fourth-order valence-corrected chi connectivity index (χ4v) is 4.29. The molecule has 0 aliphatic rings. The topological polar surface area (TPSA) is 27.7 Å². The number of benzene rings is 2. The average Bonchev–Trinajstić information content (AvgIpc) is 2.62. The van der Waals surface area contributed by atoms with E-state index in [-0.39, 0.29) is 0 Å². The summed E-state index contributed by atoms with van der Waals surface area (Å²) in [6.07, 6.45) is 2.13. The Labute approximate surface area is 157 Å². The predicted molar refractivity (Wildman–Crippen MR) is 106 cm³/mol. The highest BCUT2D eigenvalue weighted by atomic mass is 33.1. The molecule has 0 aliphatic heterocycles. The van der Waals surface area contributed by atoms with Gasteiger partial charge in [-0.05, 0) is 55.3 Å². The van der Waals surface area contributed by atoms with Crippen LogP contribution in [0.25, 0.3) is 0 Å². The van der Waals surface area contributed by atoms with Gasteiger partial charge in [0.2, 0.25) is 0 Å². The summed E-state index contributed by atoms with van der Waals surface area (Å²) in [5.74, 6) is 3.48. The van der Waals surface area contributed by atoms with Crippen LogP contribution >= 0.6 is 34.2 Å². The second-order valence-corrected chi connectivity index (χ2v) is 7.98. The number of hydrogen-bond donors (Lipinski definition) is 1. The summed E-state index contributed by atoms with van der Waals surface area (Å²) in [6.45, 7) is 0.691. The van der Waals surface area contributed by atoms with Gasteiger partial charge in [-0.3, -0.25) is 0 Å². The van der Waals surface area contributed by atoms with Crippen molar-refractivity contribution >= 4 is 34.2 Å². The molecule has 0 bridgehead atoms. The van der Waals surface area contributed by atoms with E-state index in [2.05, 4.69) is 24.8 Å². The molecule has 0 saturated heterocycles. The maximum atomic E-state index is 5.78. The molecule has 2 aromatic carbocycles. The lowest BCUT2D eigenvalue weighted by Crippen LogP contribution is -1.99. The van der Waals surface area contributed by atoms with Gasteiger partial charge < -0.3 is 14.2 Å². The van der Waals surface area contributed by atoms with Crippen LogP contribution in [-0.2, 0) is 0 Å². The summed E-state index contributed by atoms with van der Waals surface area (Å²) in [4.78, 5) is 2.11. The number of methoxy groups -OCH3 is 2. The summed E-state index contributed by atoms with van der Waals surface area (Å²) in [6, 6.07) is 13.8. The Hall–Kier alpha value is -1.11. The van der Waals surface area contributed by atoms with Crippen LogP contribution in [-0.4, -0.2) is 26.6 Å². The maximum Gasteiger partial charge on any atom is 0.161 e. The largest absolute Gasteiger partial charge is 0.497 e. The lowest BCUT2D eigenvalue weighted by atomic mass is 10.3. The van der Waals surface area contributed by atoms with Crippen molar-refractivity contribution in [3.63, 3.8) is 0 Å². The molecule has 0 aromatic heterocycles. The monoisotopic (exact) mass is 382 g/mol. The molecule has 0 N–H and O–H groups in total. The molecule has 3 nitrogen and oxygen atoms in total. The first-order valence-electron chi connectivity index (χ1n) is 7.66. The summed E-state index contributed by atoms with van der Waals surface area (Å²) < 4.78 is 16.2. The lowest BCUT2D eigenvalue weighted by Gasteiger charge is -2.10. The fraction of sp³-hybridized carbons (Fsp3) is 0.333. The van der Waals surface area contributed by atoms with Gasteiger partial charge in [-0.15, -0.1) is 12.6 Å². The Morgan fingerprint density at radius 1 is 0.917 bits per heavy atom. The Morgan fingerprint density at radius 2 is 1.71 bits per heavy atom. The first-order chi connectivity index (χ1) is 11.7. The Bertz CT molecular complexity index is 617. The molecule has 0 amide bonds. The highest BCUT2D eigenvalue weighted by Crippen LogP contribution is 2.33. The second kappa shape index (κ2) is 10.7. The van der Waals surface area contributed by atoms with Gasteiger partial charge >= 0.3 is 0 Å². The van der Waals surface area contributed by atoms with E-state index in [0.29, 0.717) is 6.61 Å². The molecule has 0 unspecified atom stereocenters. The molecule has 130 valence electrons. The Morgan fingerprint density at radius 3 is 2.42 bits per heavy atom. The van der Waals surface area contributed by atoms with Gasteiger partial charge in [-0.1, -0.05) is 21.6 Å². The average molecular weight is 383 g/mol. The number of ether oxygens (including phenoxy) is 3. The molecule has 0 spiro atoms. The van der Waals surface area contributed by atoms with Gasteiger partial charge in [0.15, 0.2) is 11.5 Å². The van der Waals surface area contributed by atoms with Crippen molar-refractivity contribution in [1.29, 1.82) is 0 Å². The third-order valence-corrected chi connectivity index (χ3v) is 5.99. The van der Waals surface area contributed by atoms with Crippen LogP contribution in [0.3, 0.4) is 0 Å². The van der Waals surface area contributed by atoms with Crippen LogP contribution in [0.2, 0.25) is 0 Å². The lowest BCUT2D eigenvalue weighted by molar-refractivity contribution is 0.288. The van der Waals surface area contributed by atoms with E-state index < -0.39 is 0 Å². The first-order valence-corrected chi connectivity index (χ1v) is 10.4. The highest BCUT2D eigenvalue weighted by Gasteiger charge is 2.04. The van der Waals surface area contributed by atoms with Gasteiger partial charge in [-0.2, -0.15) is 0 Å². The molecule has 2 rings (SSSR count). The molecular formula is C18H22O3S3. The molecule has 0 aliphatic carbocycles. The normalized spacial score (nSPS) is 10.5. The van der Waals surface area contributed by atoms with Crippen LogP contribution in [0.15, 0.2) is 52.3 Å². The van der Waals surface area contributed by atoms with Crippen molar-refractivity contribution < 1.29 is 14.2 Å². The van der Waals surface area contributed by atoms with Crippen LogP contribution in [0.5, 0.6) is 17.2 Å². The third-order valence-electron chi connectivity index (χ3n) is 3.24. The first kappa shape index (κ1) is 19.2. The van der Waals surface area contributed by atoms with E-state index in [4.69, 9.17) is 14.2 Å². The molecular weight excluding hydrogens is 360 g/mol. The quantitative estimate of drug-likeness (QED) is 0.328. The van der Waals surface area contributed by atoms with Crippen LogP contribution in [0, 0.1) is 0 Å². The summed E-state index contributed by atoms with van der Waals surface area (Å²) in [7, 11) is 6.98. The Balaban J connectivity index is 1.60. The van der Waals surface area contributed by atoms with Crippen LogP contribution in [0.4, 0.5) is 0 Å². The van der Waals surface area contributed by atoms with Crippen molar-refractivity contribution in [3.8, 4) is 17.2 Å². The zero-order valence-corrected chi connectivity index (χ0v) is 16.4. The zero-order valence-electron chi connectivity index (χ0n) is 13.9. The van der Waals surface area contributed by atoms with Gasteiger partial charge in [0.1, 0.15) is 5.75 Å². The van der Waals surface area contributed by atoms with Crippen LogP contribution in [0.1, 0.15) is 12.8 Å². The molecule has 0 atom stereocenters. The zero-order chi connectivity index (χ0) is 17.2. The van der Waals surface area contributed by atoms with Gasteiger partial charge in [-0.25, -0.2) is 0 Å². The van der Waals surface area contributed by atoms with E-state index in [0.717, 1.165) is 40.7 Å². The van der Waals surface area contributed by atoms with E-state index in [1.165, 1.54) is 4.90 Å². The molecule has 0 radical (unpaired) electrons. The molecule has 6 heteroatoms. The number of unbranched alkanes of at least 4 members (excludes halogenated alkanes) is 1. The third kappa shape index (κ3) is 6.42. The predicted octanol–water partition coefficient (Wildman–Crippen LogP) is 5.59. The van der Waals surface area contributed by atoms with E-state index in [9.17, 15) is 0 Å². The smallest absolute Gasteiger partial charge is 0.161 e. The minimum absolute atomic E-state index is 0.691. The van der Waals surface area contributed by atoms with Gasteiger partial charge in [0.05, 0.1) is 20.8 Å². The molecule has 0 heterocycles. The van der Waals surface area contributed by atoms with E-state index in [1.807, 2.05) is 41.1 Å². The molecule has 24 heavy (non-hydrogen) atoms. The van der Waals surface area contributed by atoms with Crippen molar-refractivity contribution in [2.75, 3.05) is 26.6 Å². The number of thiol groups is 1. The van der Waals surface area contributed by atoms with E-state index in [1.54, 1.807) is 25.0 Å². The molecule has 0 fully saturated rings. The fourth-order valence-electron chi connectivity index (χ4n) is 1.96. The highest BCUT2D eigenvalue weighted by molar-refractivity contribution is 8.76. The maximum absolute atomic E-state index is 5.78. The minimum atomic E-state index is 0.691. The van der Waals surface area contributed by atoms with E-state index >= 15 is 0 Å². The van der Waals surface area contributed by atoms with Crippen LogP contribution < -0.4 is 14.2 Å². The van der Waals surface area contributed by atoms with Crippen molar-refractivity contribution in [2.45, 2.75) is 22.6 Å².